The zero-order chi connectivity index (χ0) is 25.9. The van der Waals surface area contributed by atoms with Gasteiger partial charge >= 0.3 is 7.60 Å². The van der Waals surface area contributed by atoms with Crippen molar-refractivity contribution in [3.05, 3.63) is 104 Å². The topological polar surface area (TPSA) is 97.1 Å². The van der Waals surface area contributed by atoms with Crippen LogP contribution < -0.4 is 15.2 Å². The van der Waals surface area contributed by atoms with Gasteiger partial charge in [-0.2, -0.15) is 0 Å². The zero-order valence-electron chi connectivity index (χ0n) is 19.0. The number of hydrogen-bond donors (Lipinski definition) is 1. The molecule has 0 radical (unpaired) electrons. The van der Waals surface area contributed by atoms with Crippen LogP contribution in [0.4, 0.5) is 0 Å². The normalized spacial score (nSPS) is 18.9. The number of ether oxygens (including phenoxy) is 2. The molecule has 3 aromatic rings. The molecule has 4 rings (SSSR count). The number of halogens is 3. The first-order valence-electron chi connectivity index (χ1n) is 10.7. The van der Waals surface area contributed by atoms with Crippen molar-refractivity contribution in [1.82, 2.24) is 0 Å². The third-order valence-electron chi connectivity index (χ3n) is 5.20. The lowest BCUT2D eigenvalue weighted by atomic mass is 10.1. The second-order valence-corrected chi connectivity index (χ2v) is 11.1. The summed E-state index contributed by atoms with van der Waals surface area (Å²) < 4.78 is 35.5. The molecule has 0 aliphatic carbocycles. The van der Waals surface area contributed by atoms with E-state index in [1.165, 1.54) is 18.4 Å². The Balaban J connectivity index is 1.43. The van der Waals surface area contributed by atoms with Crippen molar-refractivity contribution in [2.45, 2.75) is 19.6 Å². The van der Waals surface area contributed by atoms with Gasteiger partial charge in [0.25, 0.3) is 5.91 Å². The molecule has 0 aromatic heterocycles. The van der Waals surface area contributed by atoms with Crippen molar-refractivity contribution in [2.75, 3.05) is 6.35 Å². The summed E-state index contributed by atoms with van der Waals surface area (Å²) in [5.41, 5.74) is 7.77. The molecule has 0 bridgehead atoms. The lowest BCUT2D eigenvalue weighted by Crippen LogP contribution is -2.13. The summed E-state index contributed by atoms with van der Waals surface area (Å²) in [4.78, 5) is 11.7. The van der Waals surface area contributed by atoms with Gasteiger partial charge in [0.15, 0.2) is 0 Å². The fraction of sp³-hybridized carbons (Fsp3) is 0.160. The summed E-state index contributed by atoms with van der Waals surface area (Å²) in [6, 6.07) is 15.1. The number of benzene rings is 3. The van der Waals surface area contributed by atoms with Gasteiger partial charge in [0, 0.05) is 10.6 Å². The SMILES string of the molecule is Cc1ccc(OCc2c(Cl)cc(OC[P@@]3(=O)OC=C[C@@H](c4cccc(Cl)c4)O3)cc2Cl)c(C(N)=O)c1. The summed E-state index contributed by atoms with van der Waals surface area (Å²) in [6.45, 7) is 1.83. The van der Waals surface area contributed by atoms with Crippen LogP contribution in [0.5, 0.6) is 11.5 Å². The Hall–Kier alpha value is -2.67. The summed E-state index contributed by atoms with van der Waals surface area (Å²) in [5.74, 6) is -0.0325. The lowest BCUT2D eigenvalue weighted by molar-refractivity contribution is 0.0995. The fourth-order valence-corrected chi connectivity index (χ4v) is 5.46. The third kappa shape index (κ3) is 6.36. The smallest absolute Gasteiger partial charge is 0.416 e. The third-order valence-corrected chi connectivity index (χ3v) is 7.55. The minimum atomic E-state index is -3.64. The number of rotatable bonds is 8. The van der Waals surface area contributed by atoms with Crippen LogP contribution in [0.3, 0.4) is 0 Å². The maximum absolute atomic E-state index is 13.1. The number of carbonyl (C=O) groups excluding carboxylic acids is 1. The quantitative estimate of drug-likeness (QED) is 0.283. The van der Waals surface area contributed by atoms with E-state index in [2.05, 4.69) is 0 Å². The molecule has 0 saturated carbocycles. The van der Waals surface area contributed by atoms with Crippen molar-refractivity contribution >= 4 is 48.3 Å². The molecule has 188 valence electrons. The van der Waals surface area contributed by atoms with E-state index in [1.807, 2.05) is 6.92 Å². The molecule has 0 spiro atoms. The average molecular weight is 569 g/mol. The molecular weight excluding hydrogens is 548 g/mol. The molecule has 1 aliphatic heterocycles. The molecule has 1 amide bonds. The highest BCUT2D eigenvalue weighted by Gasteiger charge is 2.33. The number of primary amides is 1. The predicted molar refractivity (Wildman–Crippen MR) is 139 cm³/mol. The molecule has 0 unspecified atom stereocenters. The molecule has 2 N–H and O–H groups in total. The maximum Gasteiger partial charge on any atom is 0.416 e. The Kier molecular flexibility index (Phi) is 8.18. The van der Waals surface area contributed by atoms with Crippen LogP contribution in [0.25, 0.3) is 0 Å². The minimum absolute atomic E-state index is 0.0158. The van der Waals surface area contributed by atoms with Crippen LogP contribution in [0, 0.1) is 6.92 Å². The molecule has 0 saturated heterocycles. The van der Waals surface area contributed by atoms with Crippen LogP contribution >= 0.6 is 42.4 Å². The summed E-state index contributed by atoms with van der Waals surface area (Å²) in [7, 11) is -3.64. The Morgan fingerprint density at radius 3 is 2.50 bits per heavy atom. The Morgan fingerprint density at radius 1 is 1.06 bits per heavy atom. The second kappa shape index (κ2) is 11.2. The van der Waals surface area contributed by atoms with E-state index >= 15 is 0 Å². The van der Waals surface area contributed by atoms with Crippen LogP contribution in [0.2, 0.25) is 15.1 Å². The monoisotopic (exact) mass is 567 g/mol. The van der Waals surface area contributed by atoms with Crippen molar-refractivity contribution in [3.63, 3.8) is 0 Å². The van der Waals surface area contributed by atoms with Gasteiger partial charge in [0.2, 0.25) is 6.35 Å². The van der Waals surface area contributed by atoms with Gasteiger partial charge in [0.1, 0.15) is 24.2 Å². The van der Waals surface area contributed by atoms with E-state index in [1.54, 1.807) is 48.5 Å². The lowest BCUT2D eigenvalue weighted by Gasteiger charge is -2.26. The number of carbonyl (C=O) groups is 1. The molecule has 7 nitrogen and oxygen atoms in total. The average Bonchev–Trinajstić information content (AvgIpc) is 2.83. The summed E-state index contributed by atoms with van der Waals surface area (Å²) >= 11 is 18.9. The van der Waals surface area contributed by atoms with E-state index < -0.39 is 19.6 Å². The molecule has 2 atom stereocenters. The summed E-state index contributed by atoms with van der Waals surface area (Å²) in [6.07, 6.45) is 1.97. The Bertz CT molecular complexity index is 1360. The van der Waals surface area contributed by atoms with Crippen molar-refractivity contribution in [2.24, 2.45) is 5.73 Å². The van der Waals surface area contributed by atoms with E-state index in [9.17, 15) is 9.36 Å². The molecule has 1 aliphatic rings. The Labute approximate surface area is 223 Å². The van der Waals surface area contributed by atoms with Gasteiger partial charge in [-0.05, 0) is 55.0 Å². The molecule has 3 aromatic carbocycles. The number of aryl methyl sites for hydroxylation is 1. The highest BCUT2D eigenvalue weighted by atomic mass is 35.5. The Morgan fingerprint density at radius 2 is 1.81 bits per heavy atom. The van der Waals surface area contributed by atoms with E-state index in [4.69, 9.17) is 59.1 Å². The molecule has 11 heteroatoms. The largest absolute Gasteiger partial charge is 0.488 e. The number of amides is 1. The maximum atomic E-state index is 13.1. The van der Waals surface area contributed by atoms with Crippen LogP contribution in [-0.2, 0) is 20.2 Å². The predicted octanol–water partition coefficient (Wildman–Crippen LogP) is 7.46. The van der Waals surface area contributed by atoms with Crippen molar-refractivity contribution in [1.29, 1.82) is 0 Å². The van der Waals surface area contributed by atoms with E-state index in [0.29, 0.717) is 16.3 Å². The summed E-state index contributed by atoms with van der Waals surface area (Å²) in [5, 5.41) is 1.04. The number of nitrogens with two attached hydrogens (primary N) is 1. The standard InChI is InChI=1S/C25H21Cl3NO6P/c1-15-5-6-24(19(9-15)25(29)30)32-13-20-21(27)11-18(12-22(20)28)33-14-36(31)34-8-7-23(35-36)16-3-2-4-17(26)10-16/h2-12,23H,13-14H2,1H3,(H2,29,30)/t23-,36+/m0/s1. The highest BCUT2D eigenvalue weighted by molar-refractivity contribution is 7.53. The van der Waals surface area contributed by atoms with Crippen LogP contribution in [-0.4, -0.2) is 12.3 Å². The van der Waals surface area contributed by atoms with E-state index in [0.717, 1.165) is 11.1 Å². The van der Waals surface area contributed by atoms with Gasteiger partial charge in [-0.1, -0.05) is 58.6 Å². The van der Waals surface area contributed by atoms with Crippen LogP contribution in [0.1, 0.15) is 33.2 Å². The van der Waals surface area contributed by atoms with Crippen LogP contribution in [0.15, 0.2) is 66.9 Å². The van der Waals surface area contributed by atoms with Gasteiger partial charge in [0.05, 0.1) is 21.9 Å². The first kappa shape index (κ1) is 26.4. The fourth-order valence-electron chi connectivity index (χ4n) is 3.42. The first-order chi connectivity index (χ1) is 17.1. The highest BCUT2D eigenvalue weighted by Crippen LogP contribution is 2.55. The molecular formula is C25H21Cl3NO6P. The molecule has 0 fully saturated rings. The first-order valence-corrected chi connectivity index (χ1v) is 13.5. The molecule has 1 heterocycles. The molecule has 36 heavy (non-hydrogen) atoms. The minimum Gasteiger partial charge on any atom is -0.488 e. The number of hydrogen-bond acceptors (Lipinski definition) is 6. The van der Waals surface area contributed by atoms with Gasteiger partial charge in [-0.15, -0.1) is 0 Å². The second-order valence-electron chi connectivity index (χ2n) is 7.92. The zero-order valence-corrected chi connectivity index (χ0v) is 22.1. The van der Waals surface area contributed by atoms with E-state index in [-0.39, 0.29) is 34.3 Å². The van der Waals surface area contributed by atoms with Gasteiger partial charge in [-0.3, -0.25) is 9.32 Å². The van der Waals surface area contributed by atoms with Crippen molar-refractivity contribution in [3.8, 4) is 11.5 Å². The van der Waals surface area contributed by atoms with Crippen molar-refractivity contribution < 1.29 is 27.9 Å². The van der Waals surface area contributed by atoms with Gasteiger partial charge in [-0.25, -0.2) is 4.57 Å². The van der Waals surface area contributed by atoms with Gasteiger partial charge < -0.3 is 19.7 Å².